The molecule has 96 valence electrons. The summed E-state index contributed by atoms with van der Waals surface area (Å²) in [7, 11) is -0.888. The highest BCUT2D eigenvalue weighted by molar-refractivity contribution is 7.91. The van der Waals surface area contributed by atoms with Crippen molar-refractivity contribution >= 4 is 9.84 Å². The maximum absolute atomic E-state index is 11.3. The topological polar surface area (TPSA) is 64.0 Å². The van der Waals surface area contributed by atoms with Crippen molar-refractivity contribution in [2.75, 3.05) is 11.5 Å². The van der Waals surface area contributed by atoms with Crippen LogP contribution in [0.5, 0.6) is 0 Å². The van der Waals surface area contributed by atoms with Crippen LogP contribution in [0.25, 0.3) is 0 Å². The van der Waals surface area contributed by atoms with Gasteiger partial charge in [0.15, 0.2) is 9.84 Å². The normalized spacial score (nSPS) is 23.1. The zero-order valence-electron chi connectivity index (χ0n) is 10.3. The first-order valence-electron chi connectivity index (χ1n) is 5.95. The third kappa shape index (κ3) is 3.07. The Hall–Kier alpha value is -0.880. The third-order valence-corrected chi connectivity index (χ3v) is 4.91. The van der Waals surface area contributed by atoms with Crippen molar-refractivity contribution in [3.8, 4) is 0 Å². The summed E-state index contributed by atoms with van der Waals surface area (Å²) in [6.07, 6.45) is 3.63. The molecule has 1 saturated heterocycles. The highest BCUT2D eigenvalue weighted by Crippen LogP contribution is 2.13. The molecule has 1 aromatic rings. The number of aromatic nitrogens is 2. The molecule has 1 aliphatic heterocycles. The van der Waals surface area contributed by atoms with Crippen LogP contribution in [0, 0.1) is 0 Å². The first-order valence-corrected chi connectivity index (χ1v) is 7.77. The van der Waals surface area contributed by atoms with E-state index in [4.69, 9.17) is 0 Å². The number of aryl methyl sites for hydroxylation is 2. The summed E-state index contributed by atoms with van der Waals surface area (Å²) < 4.78 is 24.5. The predicted octanol–water partition coefficient (Wildman–Crippen LogP) is 0.259. The molecule has 0 aliphatic carbocycles. The Kier molecular flexibility index (Phi) is 3.53. The molecule has 2 heterocycles. The maximum atomic E-state index is 11.3. The van der Waals surface area contributed by atoms with Crippen molar-refractivity contribution in [2.24, 2.45) is 7.05 Å². The van der Waals surface area contributed by atoms with E-state index in [1.165, 1.54) is 5.56 Å². The lowest BCUT2D eigenvalue weighted by Crippen LogP contribution is -2.29. The SMILES string of the molecule is CCc1nn(C)cc1CNC1CCS(=O)(=O)C1. The molecule has 0 aromatic carbocycles. The van der Waals surface area contributed by atoms with Gasteiger partial charge in [0.05, 0.1) is 17.2 Å². The van der Waals surface area contributed by atoms with Gasteiger partial charge in [0.2, 0.25) is 0 Å². The van der Waals surface area contributed by atoms with E-state index in [1.807, 2.05) is 13.2 Å². The Bertz CT molecular complexity index is 493. The minimum absolute atomic E-state index is 0.102. The minimum Gasteiger partial charge on any atom is -0.309 e. The standard InChI is InChI=1S/C11H19N3O2S/c1-3-11-9(7-14(2)13-11)6-12-10-4-5-17(15,16)8-10/h7,10,12H,3-6,8H2,1-2H3. The zero-order valence-corrected chi connectivity index (χ0v) is 11.1. The maximum Gasteiger partial charge on any atom is 0.151 e. The van der Waals surface area contributed by atoms with Crippen molar-refractivity contribution < 1.29 is 8.42 Å². The van der Waals surface area contributed by atoms with E-state index in [-0.39, 0.29) is 11.8 Å². The second-order valence-corrected chi connectivity index (χ2v) is 6.84. The van der Waals surface area contributed by atoms with E-state index >= 15 is 0 Å². The summed E-state index contributed by atoms with van der Waals surface area (Å²) in [5.41, 5.74) is 2.25. The van der Waals surface area contributed by atoms with Gasteiger partial charge in [-0.05, 0) is 12.8 Å². The molecule has 0 spiro atoms. The smallest absolute Gasteiger partial charge is 0.151 e. The summed E-state index contributed by atoms with van der Waals surface area (Å²) in [6.45, 7) is 2.78. The van der Waals surface area contributed by atoms with Gasteiger partial charge >= 0.3 is 0 Å². The van der Waals surface area contributed by atoms with Crippen LogP contribution >= 0.6 is 0 Å². The number of hydrogen-bond donors (Lipinski definition) is 1. The highest BCUT2D eigenvalue weighted by Gasteiger charge is 2.27. The Morgan fingerprint density at radius 3 is 2.94 bits per heavy atom. The minimum atomic E-state index is -2.79. The van der Waals surface area contributed by atoms with Crippen LogP contribution in [0.4, 0.5) is 0 Å². The van der Waals surface area contributed by atoms with Gasteiger partial charge in [0.1, 0.15) is 0 Å². The summed E-state index contributed by atoms with van der Waals surface area (Å²) in [5.74, 6) is 0.590. The van der Waals surface area contributed by atoms with Gasteiger partial charge in [-0.25, -0.2) is 8.42 Å². The molecule has 0 saturated carbocycles. The van der Waals surface area contributed by atoms with Crippen LogP contribution < -0.4 is 5.32 Å². The number of hydrogen-bond acceptors (Lipinski definition) is 4. The molecule has 0 bridgehead atoms. The Labute approximate surface area is 102 Å². The molecule has 1 fully saturated rings. The van der Waals surface area contributed by atoms with Gasteiger partial charge in [0, 0.05) is 31.4 Å². The lowest BCUT2D eigenvalue weighted by Gasteiger charge is -2.09. The summed E-state index contributed by atoms with van der Waals surface area (Å²) in [5, 5.41) is 7.67. The van der Waals surface area contributed by atoms with Crippen LogP contribution in [0.2, 0.25) is 0 Å². The number of nitrogens with one attached hydrogen (secondary N) is 1. The summed E-state index contributed by atoms with van der Waals surface area (Å²) in [6, 6.07) is 0.102. The fourth-order valence-corrected chi connectivity index (χ4v) is 3.95. The van der Waals surface area contributed by atoms with Crippen molar-refractivity contribution in [2.45, 2.75) is 32.4 Å². The predicted molar refractivity (Wildman–Crippen MR) is 66.5 cm³/mol. The molecule has 17 heavy (non-hydrogen) atoms. The summed E-state index contributed by atoms with van der Waals surface area (Å²) >= 11 is 0. The Balaban J connectivity index is 1.94. The lowest BCUT2D eigenvalue weighted by molar-refractivity contribution is 0.552. The van der Waals surface area contributed by atoms with Gasteiger partial charge in [-0.3, -0.25) is 4.68 Å². The van der Waals surface area contributed by atoms with E-state index in [9.17, 15) is 8.42 Å². The molecule has 1 atom stereocenters. The van der Waals surface area contributed by atoms with Crippen molar-refractivity contribution in [3.63, 3.8) is 0 Å². The molecule has 2 rings (SSSR count). The number of sulfone groups is 1. The van der Waals surface area contributed by atoms with E-state index in [0.717, 1.165) is 18.5 Å². The van der Waals surface area contributed by atoms with Crippen molar-refractivity contribution in [1.29, 1.82) is 0 Å². The van der Waals surface area contributed by atoms with Crippen molar-refractivity contribution in [3.05, 3.63) is 17.5 Å². The van der Waals surface area contributed by atoms with Crippen molar-refractivity contribution in [1.82, 2.24) is 15.1 Å². The first-order chi connectivity index (χ1) is 8.00. The Morgan fingerprint density at radius 2 is 2.35 bits per heavy atom. The van der Waals surface area contributed by atoms with Crippen LogP contribution in [0.15, 0.2) is 6.20 Å². The fraction of sp³-hybridized carbons (Fsp3) is 0.727. The largest absolute Gasteiger partial charge is 0.309 e. The summed E-state index contributed by atoms with van der Waals surface area (Å²) in [4.78, 5) is 0. The molecule has 1 unspecified atom stereocenters. The fourth-order valence-electron chi connectivity index (χ4n) is 2.24. The molecule has 1 aliphatic rings. The highest BCUT2D eigenvalue weighted by atomic mass is 32.2. The number of rotatable bonds is 4. The Morgan fingerprint density at radius 1 is 1.59 bits per heavy atom. The molecular weight excluding hydrogens is 238 g/mol. The van der Waals surface area contributed by atoms with Gasteiger partial charge in [-0.15, -0.1) is 0 Å². The molecular formula is C11H19N3O2S. The molecule has 0 radical (unpaired) electrons. The van der Waals surface area contributed by atoms with Gasteiger partial charge < -0.3 is 5.32 Å². The van der Waals surface area contributed by atoms with E-state index in [0.29, 0.717) is 12.3 Å². The van der Waals surface area contributed by atoms with Gasteiger partial charge in [-0.1, -0.05) is 6.92 Å². The first kappa shape index (κ1) is 12.6. The monoisotopic (exact) mass is 257 g/mol. The molecule has 1 aromatic heterocycles. The van der Waals surface area contributed by atoms with E-state index < -0.39 is 9.84 Å². The van der Waals surface area contributed by atoms with Crippen LogP contribution in [0.1, 0.15) is 24.6 Å². The van der Waals surface area contributed by atoms with Crippen LogP contribution in [0.3, 0.4) is 0 Å². The van der Waals surface area contributed by atoms with Gasteiger partial charge in [0.25, 0.3) is 0 Å². The lowest BCUT2D eigenvalue weighted by atomic mass is 10.2. The molecule has 5 nitrogen and oxygen atoms in total. The zero-order chi connectivity index (χ0) is 12.5. The van der Waals surface area contributed by atoms with Gasteiger partial charge in [-0.2, -0.15) is 5.10 Å². The van der Waals surface area contributed by atoms with Crippen LogP contribution in [-0.4, -0.2) is 35.7 Å². The second kappa shape index (κ2) is 4.78. The third-order valence-electron chi connectivity index (χ3n) is 3.14. The average molecular weight is 257 g/mol. The molecule has 1 N–H and O–H groups in total. The van der Waals surface area contributed by atoms with E-state index in [2.05, 4.69) is 17.3 Å². The number of nitrogens with zero attached hydrogens (tertiary/aromatic N) is 2. The average Bonchev–Trinajstić information content (AvgIpc) is 2.78. The molecule has 0 amide bonds. The molecule has 6 heteroatoms. The second-order valence-electron chi connectivity index (χ2n) is 4.61. The van der Waals surface area contributed by atoms with Crippen LogP contribution in [-0.2, 0) is 29.9 Å². The quantitative estimate of drug-likeness (QED) is 0.840. The van der Waals surface area contributed by atoms with E-state index in [1.54, 1.807) is 4.68 Å².